The third kappa shape index (κ3) is 3.69. The van der Waals surface area contributed by atoms with Crippen LogP contribution in [0.2, 0.25) is 0 Å². The molecule has 3 unspecified atom stereocenters. The van der Waals surface area contributed by atoms with Gasteiger partial charge in [-0.05, 0) is 37.0 Å². The van der Waals surface area contributed by atoms with Gasteiger partial charge in [-0.15, -0.1) is 0 Å². The van der Waals surface area contributed by atoms with Gasteiger partial charge in [0.25, 0.3) is 0 Å². The quantitative estimate of drug-likeness (QED) is 0.840. The zero-order valence-electron chi connectivity index (χ0n) is 12.2. The fourth-order valence-electron chi connectivity index (χ4n) is 3.43. The summed E-state index contributed by atoms with van der Waals surface area (Å²) >= 11 is 0. The maximum Gasteiger partial charge on any atom is 0.0700 e. The monoisotopic (exact) mass is 255 g/mol. The molecule has 2 fully saturated rings. The molecule has 2 aliphatic rings. The van der Waals surface area contributed by atoms with E-state index in [4.69, 9.17) is 4.74 Å². The van der Waals surface area contributed by atoms with Crippen molar-refractivity contribution < 1.29 is 9.84 Å². The Kier molecular flexibility index (Phi) is 4.68. The molecule has 0 aromatic heterocycles. The fraction of sp³-hybridized carbons (Fsp3) is 1.00. The first-order valence-electron chi connectivity index (χ1n) is 7.52. The van der Waals surface area contributed by atoms with E-state index in [1.807, 2.05) is 0 Å². The summed E-state index contributed by atoms with van der Waals surface area (Å²) in [5, 5.41) is 10.2. The Labute approximate surface area is 112 Å². The zero-order valence-corrected chi connectivity index (χ0v) is 12.2. The van der Waals surface area contributed by atoms with Crippen LogP contribution >= 0.6 is 0 Å². The van der Waals surface area contributed by atoms with Crippen molar-refractivity contribution in [2.45, 2.75) is 58.7 Å². The van der Waals surface area contributed by atoms with Crippen LogP contribution in [0.15, 0.2) is 0 Å². The molecule has 0 radical (unpaired) electrons. The minimum absolute atomic E-state index is 0.0963. The highest BCUT2D eigenvalue weighted by Crippen LogP contribution is 2.39. The predicted molar refractivity (Wildman–Crippen MR) is 73.6 cm³/mol. The SMILES string of the molecule is CCC1CN(CC2CC(C)(C)CCC2O)CCO1. The summed E-state index contributed by atoms with van der Waals surface area (Å²) in [5.41, 5.74) is 0.403. The molecule has 1 saturated carbocycles. The Morgan fingerprint density at radius 1 is 1.39 bits per heavy atom. The van der Waals surface area contributed by atoms with Crippen LogP contribution in [0, 0.1) is 11.3 Å². The first-order chi connectivity index (χ1) is 8.50. The van der Waals surface area contributed by atoms with Crippen LogP contribution in [0.4, 0.5) is 0 Å². The molecular weight excluding hydrogens is 226 g/mol. The molecule has 1 aliphatic heterocycles. The molecule has 0 aromatic rings. The second-order valence-electron chi connectivity index (χ2n) is 6.90. The highest BCUT2D eigenvalue weighted by atomic mass is 16.5. The first kappa shape index (κ1) is 14.3. The molecule has 1 aliphatic carbocycles. The van der Waals surface area contributed by atoms with Gasteiger partial charge in [0.15, 0.2) is 0 Å². The minimum atomic E-state index is -0.0963. The predicted octanol–water partition coefficient (Wildman–Crippen LogP) is 2.28. The first-order valence-corrected chi connectivity index (χ1v) is 7.52. The van der Waals surface area contributed by atoms with Crippen molar-refractivity contribution in [3.63, 3.8) is 0 Å². The van der Waals surface area contributed by atoms with Crippen molar-refractivity contribution in [1.82, 2.24) is 4.90 Å². The fourth-order valence-corrected chi connectivity index (χ4v) is 3.43. The summed E-state index contributed by atoms with van der Waals surface area (Å²) in [7, 11) is 0. The van der Waals surface area contributed by atoms with E-state index in [2.05, 4.69) is 25.7 Å². The normalized spacial score (nSPS) is 37.7. The lowest BCUT2D eigenvalue weighted by Crippen LogP contribution is -2.47. The van der Waals surface area contributed by atoms with Crippen LogP contribution in [0.1, 0.15) is 46.5 Å². The number of aliphatic hydroxyl groups excluding tert-OH is 1. The summed E-state index contributed by atoms with van der Waals surface area (Å²) < 4.78 is 5.71. The third-order valence-electron chi connectivity index (χ3n) is 4.65. The molecule has 106 valence electrons. The molecule has 0 aromatic carbocycles. The second kappa shape index (κ2) is 5.89. The van der Waals surface area contributed by atoms with E-state index in [9.17, 15) is 5.11 Å². The molecule has 3 nitrogen and oxygen atoms in total. The van der Waals surface area contributed by atoms with Gasteiger partial charge in [0.1, 0.15) is 0 Å². The molecule has 18 heavy (non-hydrogen) atoms. The highest BCUT2D eigenvalue weighted by molar-refractivity contribution is 4.87. The van der Waals surface area contributed by atoms with E-state index in [0.29, 0.717) is 17.4 Å². The number of hydrogen-bond donors (Lipinski definition) is 1. The van der Waals surface area contributed by atoms with Gasteiger partial charge in [0.05, 0.1) is 18.8 Å². The smallest absolute Gasteiger partial charge is 0.0700 e. The van der Waals surface area contributed by atoms with Crippen molar-refractivity contribution in [3.8, 4) is 0 Å². The molecule has 0 amide bonds. The van der Waals surface area contributed by atoms with Crippen LogP contribution in [-0.4, -0.2) is 48.5 Å². The average molecular weight is 255 g/mol. The van der Waals surface area contributed by atoms with Gasteiger partial charge in [-0.3, -0.25) is 4.90 Å². The Morgan fingerprint density at radius 2 is 2.17 bits per heavy atom. The topological polar surface area (TPSA) is 32.7 Å². The summed E-state index contributed by atoms with van der Waals surface area (Å²) in [6.07, 6.45) is 4.68. The van der Waals surface area contributed by atoms with Gasteiger partial charge in [-0.2, -0.15) is 0 Å². The van der Waals surface area contributed by atoms with E-state index < -0.39 is 0 Å². The van der Waals surface area contributed by atoms with Gasteiger partial charge in [0, 0.05) is 19.6 Å². The van der Waals surface area contributed by atoms with E-state index in [1.165, 1.54) is 0 Å². The molecule has 2 rings (SSSR count). The van der Waals surface area contributed by atoms with E-state index in [0.717, 1.165) is 51.9 Å². The molecule has 1 N–H and O–H groups in total. The van der Waals surface area contributed by atoms with E-state index >= 15 is 0 Å². The molecule has 1 saturated heterocycles. The van der Waals surface area contributed by atoms with Crippen molar-refractivity contribution in [3.05, 3.63) is 0 Å². The van der Waals surface area contributed by atoms with Crippen molar-refractivity contribution in [2.75, 3.05) is 26.2 Å². The molecule has 1 heterocycles. The number of nitrogens with zero attached hydrogens (tertiary/aromatic N) is 1. The second-order valence-corrected chi connectivity index (χ2v) is 6.90. The lowest BCUT2D eigenvalue weighted by molar-refractivity contribution is -0.0538. The Balaban J connectivity index is 1.87. The van der Waals surface area contributed by atoms with E-state index in [1.54, 1.807) is 0 Å². The van der Waals surface area contributed by atoms with Gasteiger partial charge < -0.3 is 9.84 Å². The number of morpholine rings is 1. The average Bonchev–Trinajstić information content (AvgIpc) is 2.34. The Hall–Kier alpha value is -0.120. The van der Waals surface area contributed by atoms with Crippen LogP contribution in [-0.2, 0) is 4.74 Å². The van der Waals surface area contributed by atoms with Crippen LogP contribution in [0.5, 0.6) is 0 Å². The largest absolute Gasteiger partial charge is 0.393 e. The molecule has 0 spiro atoms. The molecule has 0 bridgehead atoms. The molecule has 3 heteroatoms. The van der Waals surface area contributed by atoms with Gasteiger partial charge in [0.2, 0.25) is 0 Å². The molecular formula is C15H29NO2. The molecule has 3 atom stereocenters. The zero-order chi connectivity index (χ0) is 13.2. The maximum absolute atomic E-state index is 10.2. The third-order valence-corrected chi connectivity index (χ3v) is 4.65. The van der Waals surface area contributed by atoms with Crippen molar-refractivity contribution >= 4 is 0 Å². The number of rotatable bonds is 3. The van der Waals surface area contributed by atoms with E-state index in [-0.39, 0.29) is 6.10 Å². The Morgan fingerprint density at radius 3 is 2.89 bits per heavy atom. The minimum Gasteiger partial charge on any atom is -0.393 e. The summed E-state index contributed by atoms with van der Waals surface area (Å²) in [5.74, 6) is 0.448. The van der Waals surface area contributed by atoms with Crippen LogP contribution < -0.4 is 0 Å². The van der Waals surface area contributed by atoms with Crippen LogP contribution in [0.25, 0.3) is 0 Å². The lowest BCUT2D eigenvalue weighted by Gasteiger charge is -2.42. The summed E-state index contributed by atoms with van der Waals surface area (Å²) in [6.45, 7) is 10.8. The summed E-state index contributed by atoms with van der Waals surface area (Å²) in [4.78, 5) is 2.49. The van der Waals surface area contributed by atoms with Gasteiger partial charge in [-0.25, -0.2) is 0 Å². The van der Waals surface area contributed by atoms with Crippen molar-refractivity contribution in [1.29, 1.82) is 0 Å². The maximum atomic E-state index is 10.2. The number of ether oxygens (including phenoxy) is 1. The van der Waals surface area contributed by atoms with Crippen molar-refractivity contribution in [2.24, 2.45) is 11.3 Å². The Bertz CT molecular complexity index is 267. The lowest BCUT2D eigenvalue weighted by atomic mass is 9.70. The highest BCUT2D eigenvalue weighted by Gasteiger charge is 2.35. The number of hydrogen-bond acceptors (Lipinski definition) is 3. The van der Waals surface area contributed by atoms with Gasteiger partial charge >= 0.3 is 0 Å². The van der Waals surface area contributed by atoms with Gasteiger partial charge in [-0.1, -0.05) is 20.8 Å². The number of aliphatic hydroxyl groups is 1. The summed E-state index contributed by atoms with van der Waals surface area (Å²) in [6, 6.07) is 0. The van der Waals surface area contributed by atoms with Crippen LogP contribution in [0.3, 0.4) is 0 Å². The standard InChI is InChI=1S/C15H29NO2/c1-4-13-11-16(7-8-18-13)10-12-9-15(2,3)6-5-14(12)17/h12-14,17H,4-11H2,1-3H3.